The molecule has 0 aliphatic heterocycles. The predicted molar refractivity (Wildman–Crippen MR) is 51.5 cm³/mol. The Labute approximate surface area is 91.3 Å². The monoisotopic (exact) mass is 241 g/mol. The van der Waals surface area contributed by atoms with Crippen molar-refractivity contribution in [3.8, 4) is 0 Å². The number of nitrogens with two attached hydrogens (primary N) is 1. The smallest absolute Gasteiger partial charge is 0.321 e. The van der Waals surface area contributed by atoms with Crippen molar-refractivity contribution < 1.29 is 13.2 Å². The van der Waals surface area contributed by atoms with Gasteiger partial charge in [0.15, 0.2) is 0 Å². The Kier molecular flexibility index (Phi) is 4.96. The van der Waals surface area contributed by atoms with Gasteiger partial charge in [0.2, 0.25) is 0 Å². The normalized spacial score (nSPS) is 13.1. The minimum atomic E-state index is -4.39. The highest BCUT2D eigenvalue weighted by Crippen LogP contribution is 2.28. The van der Waals surface area contributed by atoms with Crippen LogP contribution >= 0.6 is 12.4 Å². The zero-order valence-corrected chi connectivity index (χ0v) is 8.77. The van der Waals surface area contributed by atoms with Gasteiger partial charge >= 0.3 is 6.18 Å². The highest BCUT2D eigenvalue weighted by atomic mass is 35.5. The topological polar surface area (TPSA) is 51.8 Å². The van der Waals surface area contributed by atoms with Crippen LogP contribution in [0.2, 0.25) is 0 Å². The van der Waals surface area contributed by atoms with Crippen molar-refractivity contribution in [3.05, 3.63) is 23.8 Å². The molecule has 1 rings (SSSR count). The fourth-order valence-electron chi connectivity index (χ4n) is 0.858. The zero-order chi connectivity index (χ0) is 10.8. The molecule has 1 aromatic rings. The second kappa shape index (κ2) is 5.27. The van der Waals surface area contributed by atoms with Crippen molar-refractivity contribution in [2.75, 3.05) is 0 Å². The van der Waals surface area contributed by atoms with Crippen molar-refractivity contribution in [2.45, 2.75) is 25.6 Å². The summed E-state index contributed by atoms with van der Waals surface area (Å²) in [5.41, 5.74) is 4.69. The Morgan fingerprint density at radius 2 is 1.80 bits per heavy atom. The summed E-state index contributed by atoms with van der Waals surface area (Å²) in [5.74, 6) is 0.237. The Morgan fingerprint density at radius 1 is 1.33 bits per heavy atom. The third-order valence-electron chi connectivity index (χ3n) is 1.77. The van der Waals surface area contributed by atoms with E-state index in [0.717, 1.165) is 12.4 Å². The van der Waals surface area contributed by atoms with E-state index in [0.29, 0.717) is 6.42 Å². The quantitative estimate of drug-likeness (QED) is 0.865. The molecule has 1 heterocycles. The first-order chi connectivity index (χ1) is 6.45. The van der Waals surface area contributed by atoms with Crippen LogP contribution < -0.4 is 5.73 Å². The van der Waals surface area contributed by atoms with Crippen LogP contribution in [0.3, 0.4) is 0 Å². The van der Waals surface area contributed by atoms with E-state index in [-0.39, 0.29) is 18.2 Å². The first-order valence-electron chi connectivity index (χ1n) is 4.10. The Bertz CT molecular complexity index is 299. The van der Waals surface area contributed by atoms with Crippen LogP contribution in [0, 0.1) is 0 Å². The molecule has 3 nitrogen and oxygen atoms in total. The van der Waals surface area contributed by atoms with Crippen LogP contribution in [-0.2, 0) is 6.18 Å². The lowest BCUT2D eigenvalue weighted by atomic mass is 10.2. The number of hydrogen-bond acceptors (Lipinski definition) is 3. The van der Waals surface area contributed by atoms with Crippen LogP contribution in [0.5, 0.6) is 0 Å². The molecule has 0 saturated carbocycles. The molecule has 0 saturated heterocycles. The lowest BCUT2D eigenvalue weighted by Crippen LogP contribution is -2.14. The minimum Gasteiger partial charge on any atom is -0.321 e. The molecular weight excluding hydrogens is 231 g/mol. The maximum absolute atomic E-state index is 12.1. The average Bonchev–Trinajstić information content (AvgIpc) is 2.15. The van der Waals surface area contributed by atoms with E-state index in [9.17, 15) is 13.2 Å². The second-order valence-corrected chi connectivity index (χ2v) is 2.84. The van der Waals surface area contributed by atoms with E-state index in [1.54, 1.807) is 0 Å². The van der Waals surface area contributed by atoms with Crippen molar-refractivity contribution in [3.63, 3.8) is 0 Å². The van der Waals surface area contributed by atoms with Gasteiger partial charge in [-0.25, -0.2) is 9.97 Å². The zero-order valence-electron chi connectivity index (χ0n) is 7.95. The molecule has 2 N–H and O–H groups in total. The molecule has 15 heavy (non-hydrogen) atoms. The van der Waals surface area contributed by atoms with E-state index in [4.69, 9.17) is 5.73 Å². The van der Waals surface area contributed by atoms with Crippen molar-refractivity contribution in [1.82, 2.24) is 9.97 Å². The highest BCUT2D eigenvalue weighted by Gasteiger charge is 2.31. The number of rotatable bonds is 2. The molecule has 1 atom stereocenters. The molecule has 0 amide bonds. The Balaban J connectivity index is 0.00000196. The fourth-order valence-corrected chi connectivity index (χ4v) is 0.858. The summed E-state index contributed by atoms with van der Waals surface area (Å²) in [6.45, 7) is 1.81. The Morgan fingerprint density at radius 3 is 2.13 bits per heavy atom. The van der Waals surface area contributed by atoms with E-state index >= 15 is 0 Å². The molecule has 0 bridgehead atoms. The maximum Gasteiger partial charge on any atom is 0.419 e. The molecule has 0 radical (unpaired) electrons. The third-order valence-corrected chi connectivity index (χ3v) is 1.77. The summed E-state index contributed by atoms with van der Waals surface area (Å²) >= 11 is 0. The van der Waals surface area contributed by atoms with Crippen molar-refractivity contribution in [2.24, 2.45) is 5.73 Å². The SMILES string of the molecule is CC[C@H](N)c1ncc(C(F)(F)F)cn1.Cl. The molecule has 7 heteroatoms. The molecule has 1 aromatic heterocycles. The van der Waals surface area contributed by atoms with Crippen LogP contribution in [0.25, 0.3) is 0 Å². The van der Waals surface area contributed by atoms with E-state index in [1.807, 2.05) is 6.92 Å². The predicted octanol–water partition coefficient (Wildman–Crippen LogP) is 2.33. The molecular formula is C8H11ClF3N3. The van der Waals surface area contributed by atoms with Gasteiger partial charge in [0.05, 0.1) is 11.6 Å². The van der Waals surface area contributed by atoms with Crippen LogP contribution in [0.1, 0.15) is 30.8 Å². The molecule has 0 aromatic carbocycles. The molecule has 0 aliphatic rings. The molecule has 0 unspecified atom stereocenters. The average molecular weight is 242 g/mol. The maximum atomic E-state index is 12.1. The van der Waals surface area contributed by atoms with Crippen LogP contribution in [0.4, 0.5) is 13.2 Å². The van der Waals surface area contributed by atoms with Crippen LogP contribution in [0.15, 0.2) is 12.4 Å². The first-order valence-corrected chi connectivity index (χ1v) is 4.10. The molecule has 86 valence electrons. The standard InChI is InChI=1S/C8H10F3N3.ClH/c1-2-6(12)7-13-3-5(4-14-7)8(9,10)11;/h3-4,6H,2,12H2,1H3;1H/t6-;/m0./s1. The first kappa shape index (κ1) is 14.1. The van der Waals surface area contributed by atoms with Gasteiger partial charge in [-0.1, -0.05) is 6.92 Å². The summed E-state index contributed by atoms with van der Waals surface area (Å²) in [6.07, 6.45) is -2.31. The number of halogens is 4. The van der Waals surface area contributed by atoms with Crippen LogP contribution in [-0.4, -0.2) is 9.97 Å². The number of hydrogen-bond donors (Lipinski definition) is 1. The van der Waals surface area contributed by atoms with Crippen molar-refractivity contribution in [1.29, 1.82) is 0 Å². The summed E-state index contributed by atoms with van der Waals surface area (Å²) in [6, 6.07) is -0.405. The molecule has 0 spiro atoms. The van der Waals surface area contributed by atoms with Gasteiger partial charge in [-0.05, 0) is 6.42 Å². The van der Waals surface area contributed by atoms with Gasteiger partial charge in [-0.15, -0.1) is 12.4 Å². The molecule has 0 fully saturated rings. The number of nitrogens with zero attached hydrogens (tertiary/aromatic N) is 2. The minimum absolute atomic E-state index is 0. The van der Waals surface area contributed by atoms with Crippen molar-refractivity contribution >= 4 is 12.4 Å². The fraction of sp³-hybridized carbons (Fsp3) is 0.500. The highest BCUT2D eigenvalue weighted by molar-refractivity contribution is 5.85. The van der Waals surface area contributed by atoms with Gasteiger partial charge in [-0.3, -0.25) is 0 Å². The van der Waals surface area contributed by atoms with Gasteiger partial charge in [0, 0.05) is 12.4 Å². The summed E-state index contributed by atoms with van der Waals surface area (Å²) < 4.78 is 36.3. The van der Waals surface area contributed by atoms with Gasteiger partial charge in [0.25, 0.3) is 0 Å². The van der Waals surface area contributed by atoms with Gasteiger partial charge < -0.3 is 5.73 Å². The van der Waals surface area contributed by atoms with Gasteiger partial charge in [-0.2, -0.15) is 13.2 Å². The lowest BCUT2D eigenvalue weighted by molar-refractivity contribution is -0.138. The summed E-state index contributed by atoms with van der Waals surface area (Å²) in [5, 5.41) is 0. The van der Waals surface area contributed by atoms with E-state index in [2.05, 4.69) is 9.97 Å². The number of alkyl halides is 3. The third kappa shape index (κ3) is 3.64. The Hall–Kier alpha value is -0.880. The largest absolute Gasteiger partial charge is 0.419 e. The van der Waals surface area contributed by atoms with E-state index < -0.39 is 17.8 Å². The van der Waals surface area contributed by atoms with Gasteiger partial charge in [0.1, 0.15) is 5.82 Å². The number of aromatic nitrogens is 2. The summed E-state index contributed by atoms with van der Waals surface area (Å²) in [4.78, 5) is 7.12. The molecule has 0 aliphatic carbocycles. The lowest BCUT2D eigenvalue weighted by Gasteiger charge is -2.09. The second-order valence-electron chi connectivity index (χ2n) is 2.84. The summed E-state index contributed by atoms with van der Waals surface area (Å²) in [7, 11) is 0. The van der Waals surface area contributed by atoms with E-state index in [1.165, 1.54) is 0 Å².